The topological polar surface area (TPSA) is 78.1 Å². The molecule has 4 aliphatic rings. The monoisotopic (exact) mass is 584 g/mol. The fraction of sp³-hybridized carbons (Fsp3) is 0.333. The molecule has 0 spiro atoms. The van der Waals surface area contributed by atoms with E-state index in [0.29, 0.717) is 12.0 Å². The smallest absolute Gasteiger partial charge is 0.395 e. The Hall–Kier alpha value is -4.44. The number of nitrogens with zero attached hydrogens (tertiary/aromatic N) is 3. The van der Waals surface area contributed by atoms with Crippen molar-refractivity contribution in [2.75, 3.05) is 19.6 Å². The molecular weight excluding hydrogens is 554 g/mol. The summed E-state index contributed by atoms with van der Waals surface area (Å²) in [6.07, 6.45) is -1.77. The largest absolute Gasteiger partial charge is 0.586 e. The molecule has 0 unspecified atom stereocenters. The third kappa shape index (κ3) is 4.43. The van der Waals surface area contributed by atoms with Crippen LogP contribution in [0.5, 0.6) is 11.5 Å². The van der Waals surface area contributed by atoms with Crippen LogP contribution in [0, 0.1) is 0 Å². The summed E-state index contributed by atoms with van der Waals surface area (Å²) in [5, 5.41) is 0.987. The summed E-state index contributed by atoms with van der Waals surface area (Å²) in [7, 11) is 0. The lowest BCUT2D eigenvalue weighted by Crippen LogP contribution is -2.65. The van der Waals surface area contributed by atoms with Crippen molar-refractivity contribution in [3.63, 3.8) is 0 Å². The highest BCUT2D eigenvalue weighted by atomic mass is 19.3. The summed E-state index contributed by atoms with van der Waals surface area (Å²) in [6.45, 7) is 2.56. The molecular formula is C33H30F2N4O4. The highest BCUT2D eigenvalue weighted by Crippen LogP contribution is 2.47. The molecule has 3 aromatic carbocycles. The summed E-state index contributed by atoms with van der Waals surface area (Å²) in [5.74, 6) is -0.381. The van der Waals surface area contributed by atoms with Crippen molar-refractivity contribution in [1.29, 1.82) is 0 Å². The molecule has 8 rings (SSSR count). The quantitative estimate of drug-likeness (QED) is 0.372. The number of aromatic nitrogens is 1. The van der Waals surface area contributed by atoms with Crippen LogP contribution in [0.3, 0.4) is 0 Å². The van der Waals surface area contributed by atoms with Crippen molar-refractivity contribution in [2.45, 2.75) is 50.2 Å². The van der Waals surface area contributed by atoms with Crippen molar-refractivity contribution in [3.05, 3.63) is 95.2 Å². The summed E-state index contributed by atoms with van der Waals surface area (Å²) < 4.78 is 37.1. The van der Waals surface area contributed by atoms with E-state index in [4.69, 9.17) is 4.74 Å². The number of nitrogens with one attached hydrogen (secondary N) is 1. The van der Waals surface area contributed by atoms with Gasteiger partial charge in [0.05, 0.1) is 6.04 Å². The Morgan fingerprint density at radius 2 is 1.65 bits per heavy atom. The number of piperazine rings is 1. The lowest BCUT2D eigenvalue weighted by Gasteiger charge is -2.49. The first-order chi connectivity index (χ1) is 20.8. The zero-order valence-electron chi connectivity index (χ0n) is 23.3. The number of likely N-dealkylation sites (tertiary alicyclic amines) is 1. The Balaban J connectivity index is 1.11. The van der Waals surface area contributed by atoms with Gasteiger partial charge in [-0.3, -0.25) is 14.5 Å². The molecule has 0 saturated carbocycles. The van der Waals surface area contributed by atoms with Crippen molar-refractivity contribution < 1.29 is 27.8 Å². The Morgan fingerprint density at radius 3 is 2.47 bits per heavy atom. The Bertz CT molecular complexity index is 1730. The maximum Gasteiger partial charge on any atom is 0.586 e. The lowest BCUT2D eigenvalue weighted by atomic mass is 9.85. The number of hydrogen-bond acceptors (Lipinski definition) is 5. The fourth-order valence-electron chi connectivity index (χ4n) is 7.31. The molecule has 2 amide bonds. The number of fused-ring (bicyclic) bond motifs is 5. The molecule has 0 aliphatic carbocycles. The number of carbonyl (C=O) groups excluding carboxylic acids is 2. The van der Waals surface area contributed by atoms with E-state index in [-0.39, 0.29) is 35.9 Å². The average Bonchev–Trinajstić information content (AvgIpc) is 3.54. The lowest BCUT2D eigenvalue weighted by molar-refractivity contribution is -0.286. The van der Waals surface area contributed by atoms with Crippen molar-refractivity contribution in [3.8, 4) is 11.5 Å². The standard InChI is InChI=1S/C33H30F2N4O4/c34-33(35)42-27-11-10-21(16-28(27)43-33)31-30-24(23-8-4-5-9-25(23)36-30)17-26-32(41)38(19-29(40)39(26)31)22-12-14-37(15-13-22)18-20-6-2-1-3-7-20/h1-11,16,22,26,31,36H,12-15,17-19H2/t26-,31-/m1/s1. The van der Waals surface area contributed by atoms with Gasteiger partial charge >= 0.3 is 6.29 Å². The molecule has 4 aliphatic heterocycles. The van der Waals surface area contributed by atoms with E-state index in [0.717, 1.165) is 54.6 Å². The highest BCUT2D eigenvalue weighted by molar-refractivity contribution is 5.98. The predicted molar refractivity (Wildman–Crippen MR) is 154 cm³/mol. The number of piperidine rings is 1. The normalized spacial score (nSPS) is 23.5. The van der Waals surface area contributed by atoms with Gasteiger partial charge in [0, 0.05) is 48.7 Å². The van der Waals surface area contributed by atoms with E-state index in [1.807, 2.05) is 42.5 Å². The molecule has 8 nitrogen and oxygen atoms in total. The molecule has 1 N–H and O–H groups in total. The van der Waals surface area contributed by atoms with Crippen LogP contribution in [-0.2, 0) is 22.6 Å². The minimum absolute atomic E-state index is 0.00658. The Morgan fingerprint density at radius 1 is 0.907 bits per heavy atom. The zero-order chi connectivity index (χ0) is 29.3. The maximum atomic E-state index is 14.3. The van der Waals surface area contributed by atoms with Gasteiger partial charge in [-0.05, 0) is 47.7 Å². The van der Waals surface area contributed by atoms with Crippen LogP contribution in [0.1, 0.15) is 41.3 Å². The van der Waals surface area contributed by atoms with Gasteiger partial charge in [-0.2, -0.15) is 0 Å². The number of hydrogen-bond donors (Lipinski definition) is 1. The maximum absolute atomic E-state index is 14.3. The van der Waals surface area contributed by atoms with Crippen LogP contribution in [-0.4, -0.2) is 69.5 Å². The summed E-state index contributed by atoms with van der Waals surface area (Å²) in [5.41, 5.74) is 4.47. The number of rotatable bonds is 4. The van der Waals surface area contributed by atoms with Crippen LogP contribution in [0.25, 0.3) is 10.9 Å². The van der Waals surface area contributed by atoms with Crippen LogP contribution in [0.15, 0.2) is 72.8 Å². The molecule has 2 atom stereocenters. The summed E-state index contributed by atoms with van der Waals surface area (Å²) in [4.78, 5) is 37.6. The number of aromatic amines is 1. The molecule has 220 valence electrons. The van der Waals surface area contributed by atoms with Crippen LogP contribution >= 0.6 is 0 Å². The molecule has 2 fully saturated rings. The van der Waals surface area contributed by atoms with Gasteiger partial charge in [0.25, 0.3) is 0 Å². The number of amides is 2. The van der Waals surface area contributed by atoms with Crippen molar-refractivity contribution >= 4 is 22.7 Å². The number of alkyl halides is 2. The van der Waals surface area contributed by atoms with Crippen LogP contribution in [0.4, 0.5) is 8.78 Å². The Labute approximate surface area is 246 Å². The van der Waals surface area contributed by atoms with Gasteiger partial charge in [0.1, 0.15) is 12.6 Å². The number of halogens is 2. The van der Waals surface area contributed by atoms with E-state index < -0.39 is 18.4 Å². The van der Waals surface area contributed by atoms with Gasteiger partial charge in [-0.25, -0.2) is 0 Å². The summed E-state index contributed by atoms with van der Waals surface area (Å²) in [6, 6.07) is 21.4. The molecule has 0 radical (unpaired) electrons. The second kappa shape index (κ2) is 9.80. The number of para-hydroxylation sites is 1. The van der Waals surface area contributed by atoms with E-state index in [9.17, 15) is 18.4 Å². The van der Waals surface area contributed by atoms with E-state index in [1.165, 1.54) is 17.7 Å². The minimum atomic E-state index is -3.75. The first-order valence-electron chi connectivity index (χ1n) is 14.7. The van der Waals surface area contributed by atoms with Crippen LogP contribution < -0.4 is 9.47 Å². The number of H-pyrrole nitrogens is 1. The van der Waals surface area contributed by atoms with Crippen molar-refractivity contribution in [2.24, 2.45) is 0 Å². The van der Waals surface area contributed by atoms with Gasteiger partial charge in [0.2, 0.25) is 11.8 Å². The second-order valence-corrected chi connectivity index (χ2v) is 11.8. The third-order valence-corrected chi connectivity index (χ3v) is 9.28. The van der Waals surface area contributed by atoms with Crippen molar-refractivity contribution in [1.82, 2.24) is 19.7 Å². The second-order valence-electron chi connectivity index (χ2n) is 11.8. The predicted octanol–water partition coefficient (Wildman–Crippen LogP) is 4.84. The van der Waals surface area contributed by atoms with E-state index >= 15 is 0 Å². The Kier molecular flexibility index (Phi) is 5.98. The van der Waals surface area contributed by atoms with Gasteiger partial charge < -0.3 is 24.3 Å². The van der Waals surface area contributed by atoms with Gasteiger partial charge in [-0.15, -0.1) is 8.78 Å². The van der Waals surface area contributed by atoms with Gasteiger partial charge in [0.15, 0.2) is 11.5 Å². The molecule has 4 aromatic rings. The molecule has 0 bridgehead atoms. The zero-order valence-corrected chi connectivity index (χ0v) is 23.3. The number of benzene rings is 3. The summed E-state index contributed by atoms with van der Waals surface area (Å²) >= 11 is 0. The third-order valence-electron chi connectivity index (χ3n) is 9.28. The number of carbonyl (C=O) groups is 2. The average molecular weight is 585 g/mol. The van der Waals surface area contributed by atoms with Crippen LogP contribution in [0.2, 0.25) is 0 Å². The van der Waals surface area contributed by atoms with E-state index in [2.05, 4.69) is 26.8 Å². The first-order valence-corrected chi connectivity index (χ1v) is 14.7. The highest BCUT2D eigenvalue weighted by Gasteiger charge is 2.50. The fourth-order valence-corrected chi connectivity index (χ4v) is 7.31. The molecule has 1 aromatic heterocycles. The van der Waals surface area contributed by atoms with E-state index in [1.54, 1.807) is 15.9 Å². The first kappa shape index (κ1) is 26.2. The molecule has 5 heterocycles. The minimum Gasteiger partial charge on any atom is -0.395 e. The molecule has 2 saturated heterocycles. The molecule has 43 heavy (non-hydrogen) atoms. The van der Waals surface area contributed by atoms with Gasteiger partial charge in [-0.1, -0.05) is 54.6 Å². The molecule has 10 heteroatoms. The number of ether oxygens (including phenoxy) is 2. The SMILES string of the molecule is O=C1[C@H]2Cc3c([nH]c4ccccc34)[C@@H](c3ccc4c(c3)OC(F)(F)O4)N2C(=O)CN1C1CCN(Cc2ccccc2)CC1.